The van der Waals surface area contributed by atoms with Crippen LogP contribution in [0.2, 0.25) is 0 Å². The highest BCUT2D eigenvalue weighted by Gasteiger charge is 2.58. The number of nitrogens with one attached hydrogen (secondary N) is 1. The maximum absolute atomic E-state index is 12.9. The molecule has 9 heteroatoms. The first-order chi connectivity index (χ1) is 13.5. The maximum atomic E-state index is 12.9. The van der Waals surface area contributed by atoms with Gasteiger partial charge in [0.1, 0.15) is 5.75 Å². The van der Waals surface area contributed by atoms with Gasteiger partial charge in [-0.2, -0.15) is 8.78 Å². The normalized spacial score (nSPS) is 22.9. The number of hydrogen-bond acceptors (Lipinski definition) is 4. The summed E-state index contributed by atoms with van der Waals surface area (Å²) >= 11 is 0. The van der Waals surface area contributed by atoms with Crippen LogP contribution in [0.15, 0.2) is 24.3 Å². The van der Waals surface area contributed by atoms with Crippen molar-refractivity contribution in [1.82, 2.24) is 15.1 Å². The first-order valence-electron chi connectivity index (χ1n) is 9.83. The lowest BCUT2D eigenvalue weighted by Crippen LogP contribution is -2.51. The van der Waals surface area contributed by atoms with Crippen LogP contribution in [-0.4, -0.2) is 67.5 Å². The van der Waals surface area contributed by atoms with Crippen LogP contribution >= 0.6 is 12.4 Å². The molecule has 160 valence electrons. The molecule has 2 amide bonds. The van der Waals surface area contributed by atoms with E-state index < -0.39 is 6.61 Å². The van der Waals surface area contributed by atoms with E-state index in [0.29, 0.717) is 26.2 Å². The highest BCUT2D eigenvalue weighted by Crippen LogP contribution is 2.59. The van der Waals surface area contributed by atoms with Crippen molar-refractivity contribution >= 4 is 24.2 Å². The summed E-state index contributed by atoms with van der Waals surface area (Å²) in [7, 11) is 0. The number of carbonyl (C=O) groups excluding carboxylic acids is 2. The summed E-state index contributed by atoms with van der Waals surface area (Å²) in [4.78, 5) is 29.1. The average molecular weight is 430 g/mol. The maximum Gasteiger partial charge on any atom is 0.387 e. The minimum absolute atomic E-state index is 0. The van der Waals surface area contributed by atoms with Crippen molar-refractivity contribution in [2.75, 3.05) is 39.3 Å². The predicted octanol–water partition coefficient (Wildman–Crippen LogP) is 2.38. The molecule has 1 unspecified atom stereocenters. The molecule has 3 fully saturated rings. The molecule has 29 heavy (non-hydrogen) atoms. The SMILES string of the molecule is Cl.O=C(c1ccccc1OC(F)F)N1CCN(C(=O)C2CC23CCNCC3)CC1. The van der Waals surface area contributed by atoms with Gasteiger partial charge in [-0.15, -0.1) is 12.4 Å². The van der Waals surface area contributed by atoms with Gasteiger partial charge in [0.05, 0.1) is 5.56 Å². The van der Waals surface area contributed by atoms with E-state index in [1.54, 1.807) is 17.0 Å². The molecule has 0 bridgehead atoms. The van der Waals surface area contributed by atoms with Crippen LogP contribution < -0.4 is 10.1 Å². The molecule has 6 nitrogen and oxygen atoms in total. The summed E-state index contributed by atoms with van der Waals surface area (Å²) < 4.78 is 29.6. The summed E-state index contributed by atoms with van der Waals surface area (Å²) in [5, 5.41) is 3.34. The molecule has 3 aliphatic rings. The summed E-state index contributed by atoms with van der Waals surface area (Å²) in [5.74, 6) is -0.135. The lowest BCUT2D eigenvalue weighted by molar-refractivity contribution is -0.135. The van der Waals surface area contributed by atoms with Gasteiger partial charge >= 0.3 is 6.61 Å². The first kappa shape index (κ1) is 21.8. The van der Waals surface area contributed by atoms with E-state index in [1.807, 2.05) is 4.90 Å². The molecule has 2 heterocycles. The number of amides is 2. The number of rotatable bonds is 4. The lowest BCUT2D eigenvalue weighted by atomic mass is 9.91. The van der Waals surface area contributed by atoms with E-state index in [2.05, 4.69) is 10.1 Å². The van der Waals surface area contributed by atoms with Gasteiger partial charge < -0.3 is 19.9 Å². The van der Waals surface area contributed by atoms with Crippen molar-refractivity contribution < 1.29 is 23.1 Å². The Balaban J connectivity index is 0.00000240. The molecule has 0 aromatic heterocycles. The van der Waals surface area contributed by atoms with Crippen LogP contribution in [-0.2, 0) is 4.79 Å². The van der Waals surface area contributed by atoms with Crippen molar-refractivity contribution in [1.29, 1.82) is 0 Å². The Kier molecular flexibility index (Phi) is 6.63. The fourth-order valence-electron chi connectivity index (χ4n) is 4.54. The number of carbonyl (C=O) groups is 2. The van der Waals surface area contributed by atoms with E-state index in [0.717, 1.165) is 32.4 Å². The smallest absolute Gasteiger partial charge is 0.387 e. The summed E-state index contributed by atoms with van der Waals surface area (Å²) in [6.45, 7) is 0.729. The second-order valence-electron chi connectivity index (χ2n) is 7.86. The molecule has 2 saturated heterocycles. The highest BCUT2D eigenvalue weighted by atomic mass is 35.5. The minimum atomic E-state index is -2.98. The van der Waals surface area contributed by atoms with Gasteiger partial charge in [-0.25, -0.2) is 0 Å². The van der Waals surface area contributed by atoms with Gasteiger partial charge in [-0.1, -0.05) is 12.1 Å². The molecule has 1 spiro atoms. The molecule has 1 N–H and O–H groups in total. The van der Waals surface area contributed by atoms with Crippen molar-refractivity contribution in [3.8, 4) is 5.75 Å². The Hall–Kier alpha value is -1.93. The lowest BCUT2D eigenvalue weighted by Gasteiger charge is -2.36. The quantitative estimate of drug-likeness (QED) is 0.798. The second-order valence-corrected chi connectivity index (χ2v) is 7.86. The highest BCUT2D eigenvalue weighted by molar-refractivity contribution is 5.97. The number of hydrogen-bond donors (Lipinski definition) is 1. The molecule has 1 saturated carbocycles. The summed E-state index contributed by atoms with van der Waals surface area (Å²) in [5.41, 5.74) is 0.319. The molecule has 1 aliphatic carbocycles. The zero-order valence-electron chi connectivity index (χ0n) is 16.1. The number of benzene rings is 1. The number of para-hydroxylation sites is 1. The van der Waals surface area contributed by atoms with Crippen molar-refractivity contribution in [3.05, 3.63) is 29.8 Å². The molecule has 1 aromatic rings. The molecule has 2 aliphatic heterocycles. The Morgan fingerprint density at radius 1 is 1.07 bits per heavy atom. The van der Waals surface area contributed by atoms with Crippen LogP contribution in [0.4, 0.5) is 8.78 Å². The molecule has 1 aromatic carbocycles. The van der Waals surface area contributed by atoms with E-state index >= 15 is 0 Å². The Morgan fingerprint density at radius 3 is 2.34 bits per heavy atom. The fourth-order valence-corrected chi connectivity index (χ4v) is 4.54. The minimum Gasteiger partial charge on any atom is -0.434 e. The largest absolute Gasteiger partial charge is 0.434 e. The monoisotopic (exact) mass is 429 g/mol. The second kappa shape index (κ2) is 8.83. The first-order valence-corrected chi connectivity index (χ1v) is 9.83. The average Bonchev–Trinajstić information content (AvgIpc) is 3.40. The third-order valence-corrected chi connectivity index (χ3v) is 6.30. The standard InChI is InChI=1S/C20H25F2N3O3.ClH/c21-19(22)28-16-4-2-1-3-14(16)17(26)24-9-11-25(12-10-24)18(27)15-13-20(15)5-7-23-8-6-20;/h1-4,15,19,23H,5-13H2;1H. The van der Waals surface area contributed by atoms with Gasteiger partial charge in [0, 0.05) is 32.1 Å². The van der Waals surface area contributed by atoms with Gasteiger partial charge in [-0.3, -0.25) is 9.59 Å². The molecule has 4 rings (SSSR count). The van der Waals surface area contributed by atoms with Crippen molar-refractivity contribution in [2.24, 2.45) is 11.3 Å². The number of halogens is 3. The summed E-state index contributed by atoms with van der Waals surface area (Å²) in [6, 6.07) is 6.03. The molecule has 1 atom stereocenters. The van der Waals surface area contributed by atoms with E-state index in [4.69, 9.17) is 0 Å². The fraction of sp³-hybridized carbons (Fsp3) is 0.600. The molecular weight excluding hydrogens is 404 g/mol. The third-order valence-electron chi connectivity index (χ3n) is 6.30. The van der Waals surface area contributed by atoms with Crippen LogP contribution in [0.25, 0.3) is 0 Å². The van der Waals surface area contributed by atoms with Gasteiger partial charge in [0.2, 0.25) is 5.91 Å². The number of piperazine rings is 1. The van der Waals surface area contributed by atoms with Crippen LogP contribution in [0.3, 0.4) is 0 Å². The molecular formula is C20H26ClF2N3O3. The van der Waals surface area contributed by atoms with Gasteiger partial charge in [0.25, 0.3) is 5.91 Å². The summed E-state index contributed by atoms with van der Waals surface area (Å²) in [6.07, 6.45) is 3.09. The Morgan fingerprint density at radius 2 is 1.69 bits per heavy atom. The van der Waals surface area contributed by atoms with E-state index in [-0.39, 0.29) is 46.9 Å². The Labute approximate surface area is 175 Å². The van der Waals surface area contributed by atoms with E-state index in [9.17, 15) is 18.4 Å². The predicted molar refractivity (Wildman–Crippen MR) is 105 cm³/mol. The zero-order chi connectivity index (χ0) is 19.7. The van der Waals surface area contributed by atoms with Gasteiger partial charge in [0.15, 0.2) is 0 Å². The topological polar surface area (TPSA) is 61.9 Å². The van der Waals surface area contributed by atoms with Crippen molar-refractivity contribution in [2.45, 2.75) is 25.9 Å². The van der Waals surface area contributed by atoms with Crippen LogP contribution in [0.1, 0.15) is 29.6 Å². The Bertz CT molecular complexity index is 750. The van der Waals surface area contributed by atoms with Crippen LogP contribution in [0, 0.1) is 11.3 Å². The third kappa shape index (κ3) is 4.48. The number of alkyl halides is 2. The van der Waals surface area contributed by atoms with Gasteiger partial charge in [-0.05, 0) is 49.9 Å². The van der Waals surface area contributed by atoms with Crippen LogP contribution in [0.5, 0.6) is 5.75 Å². The van der Waals surface area contributed by atoms with Crippen molar-refractivity contribution in [3.63, 3.8) is 0 Å². The zero-order valence-corrected chi connectivity index (χ0v) is 16.9. The number of ether oxygens (including phenoxy) is 1. The number of nitrogens with zero attached hydrogens (tertiary/aromatic N) is 2. The number of piperidine rings is 1. The molecule has 0 radical (unpaired) electrons. The van der Waals surface area contributed by atoms with E-state index in [1.165, 1.54) is 12.1 Å².